The molecule has 0 aliphatic carbocycles. The summed E-state index contributed by atoms with van der Waals surface area (Å²) in [4.78, 5) is 10.1. The average Bonchev–Trinajstić information content (AvgIpc) is 1.89. The van der Waals surface area contributed by atoms with Gasteiger partial charge in [0.15, 0.2) is 0 Å². The molecule has 0 unspecified atom stereocenters. The molecule has 0 saturated carbocycles. The molecule has 2 N–H and O–H groups in total. The summed E-state index contributed by atoms with van der Waals surface area (Å²) >= 11 is 1.52. The molecule has 1 atom stereocenters. The number of thioether (sulfide) groups is 1. The Balaban J connectivity index is 0. The number of carboxylic acid groups (broad SMARTS) is 1. The Morgan fingerprint density at radius 1 is 1.82 bits per heavy atom. The minimum absolute atomic E-state index is 0. The summed E-state index contributed by atoms with van der Waals surface area (Å²) in [7, 11) is 0. The topological polar surface area (TPSA) is 72.4 Å². The zero-order valence-corrected chi connectivity index (χ0v) is 10.6. The minimum Gasteiger partial charge on any atom is -0.548 e. The molecule has 0 saturated heterocycles. The van der Waals surface area contributed by atoms with Crippen molar-refractivity contribution in [2.75, 3.05) is 12.0 Å². The van der Waals surface area contributed by atoms with Crippen LogP contribution in [0.2, 0.25) is 0 Å². The van der Waals surface area contributed by atoms with Crippen LogP contribution in [0.5, 0.6) is 0 Å². The van der Waals surface area contributed by atoms with Crippen LogP contribution in [0.15, 0.2) is 0 Å². The van der Waals surface area contributed by atoms with Gasteiger partial charge in [-0.1, -0.05) is 0 Å². The zero-order chi connectivity index (χ0) is 7.98. The van der Waals surface area contributed by atoms with Crippen molar-refractivity contribution in [2.45, 2.75) is 12.5 Å². The van der Waals surface area contributed by atoms with Crippen LogP contribution in [0.3, 0.4) is 0 Å². The molecule has 0 spiro atoms. The number of carbonyl (C=O) groups excluding carboxylic acids is 1. The first-order valence-corrected chi connectivity index (χ1v) is 4.21. The Bertz CT molecular complexity index is 114. The van der Waals surface area contributed by atoms with E-state index in [1.807, 2.05) is 6.26 Å². The Morgan fingerprint density at radius 3 is 2.64 bits per heavy atom. The van der Waals surface area contributed by atoms with Gasteiger partial charge in [0.1, 0.15) is 0 Å². The maximum atomic E-state index is 10.1. The van der Waals surface area contributed by atoms with E-state index in [1.165, 1.54) is 11.8 Å². The Hall–Kier alpha value is 1.38. The van der Waals surface area contributed by atoms with Crippen molar-refractivity contribution in [3.05, 3.63) is 0 Å². The predicted octanol–water partition coefficient (Wildman–Crippen LogP) is -4.16. The monoisotopic (exact) mass is 203 g/mol. The van der Waals surface area contributed by atoms with E-state index in [9.17, 15) is 9.90 Å². The third-order valence-electron chi connectivity index (χ3n) is 1.05. The molecular formula is C5H10KNO3S. The van der Waals surface area contributed by atoms with Crippen LogP contribution in [0.4, 0.5) is 0 Å². The van der Waals surface area contributed by atoms with E-state index in [2.05, 4.69) is 0 Å². The predicted molar refractivity (Wildman–Crippen MR) is 36.7 cm³/mol. The van der Waals surface area contributed by atoms with Crippen LogP contribution < -0.4 is 62.0 Å². The van der Waals surface area contributed by atoms with Gasteiger partial charge in [0.2, 0.25) is 0 Å². The van der Waals surface area contributed by atoms with Crippen molar-refractivity contribution in [3.63, 3.8) is 0 Å². The number of hydrogen-bond acceptors (Lipinski definition) is 5. The average molecular weight is 203 g/mol. The second kappa shape index (κ2) is 9.46. The van der Waals surface area contributed by atoms with Crippen LogP contribution in [-0.2, 0) is 4.79 Å². The molecule has 0 heterocycles. The van der Waals surface area contributed by atoms with Gasteiger partial charge in [-0.3, -0.25) is 0 Å². The van der Waals surface area contributed by atoms with E-state index >= 15 is 0 Å². The number of carboxylic acids is 1. The summed E-state index contributed by atoms with van der Waals surface area (Å²) in [6.07, 6.45) is 2.24. The standard InChI is InChI=1S/C5H11NO3S.K/c1-10-3-2-4(6-9)5(7)8;/h4,6,9H,2-3H2,1H3,(H,7,8);/q;+1/p-1/t4-;/m0./s1. The first-order chi connectivity index (χ1) is 4.72. The normalized spacial score (nSPS) is 11.8. The molecule has 4 nitrogen and oxygen atoms in total. The maximum absolute atomic E-state index is 10.1. The number of carbonyl (C=O) groups is 1. The number of rotatable bonds is 5. The quantitative estimate of drug-likeness (QED) is 0.350. The van der Waals surface area contributed by atoms with E-state index in [4.69, 9.17) is 5.21 Å². The summed E-state index contributed by atoms with van der Waals surface area (Å²) in [6, 6.07) is -0.938. The van der Waals surface area contributed by atoms with Crippen molar-refractivity contribution in [3.8, 4) is 0 Å². The second-order valence-corrected chi connectivity index (χ2v) is 2.77. The zero-order valence-electron chi connectivity index (χ0n) is 6.66. The molecule has 0 radical (unpaired) electrons. The van der Waals surface area contributed by atoms with E-state index in [0.717, 1.165) is 0 Å². The summed E-state index contributed by atoms with van der Waals surface area (Å²) in [6.45, 7) is 0. The molecule has 11 heavy (non-hydrogen) atoms. The second-order valence-electron chi connectivity index (χ2n) is 1.78. The molecule has 0 aromatic rings. The molecule has 0 bridgehead atoms. The van der Waals surface area contributed by atoms with Gasteiger partial charge in [0, 0.05) is 0 Å². The molecule has 0 amide bonds. The van der Waals surface area contributed by atoms with E-state index in [-0.39, 0.29) is 51.4 Å². The number of nitrogens with one attached hydrogen (secondary N) is 1. The van der Waals surface area contributed by atoms with Gasteiger partial charge >= 0.3 is 51.4 Å². The number of hydrogen-bond donors (Lipinski definition) is 2. The summed E-state index contributed by atoms with van der Waals surface area (Å²) in [5.74, 6) is -0.580. The minimum atomic E-state index is -1.27. The molecular weight excluding hydrogens is 193 g/mol. The summed E-state index contributed by atoms with van der Waals surface area (Å²) < 4.78 is 0. The van der Waals surface area contributed by atoms with Crippen LogP contribution in [0.25, 0.3) is 0 Å². The molecule has 0 aromatic carbocycles. The number of hydroxylamine groups is 1. The molecule has 60 valence electrons. The molecule has 0 aromatic heterocycles. The van der Waals surface area contributed by atoms with Crippen molar-refractivity contribution in [1.82, 2.24) is 5.48 Å². The fourth-order valence-corrected chi connectivity index (χ4v) is 0.942. The van der Waals surface area contributed by atoms with Crippen molar-refractivity contribution in [2.24, 2.45) is 0 Å². The fraction of sp³-hybridized carbons (Fsp3) is 0.800. The third kappa shape index (κ3) is 7.73. The van der Waals surface area contributed by atoms with Gasteiger partial charge in [-0.25, -0.2) is 0 Å². The molecule has 0 fully saturated rings. The Kier molecular flexibility index (Phi) is 12.8. The van der Waals surface area contributed by atoms with E-state index < -0.39 is 12.0 Å². The van der Waals surface area contributed by atoms with Gasteiger partial charge in [-0.15, -0.1) is 0 Å². The maximum Gasteiger partial charge on any atom is 1.00 e. The molecule has 0 aliphatic heterocycles. The number of aliphatic carboxylic acids is 1. The van der Waals surface area contributed by atoms with E-state index in [0.29, 0.717) is 12.2 Å². The molecule has 0 rings (SSSR count). The van der Waals surface area contributed by atoms with Crippen molar-refractivity contribution >= 4 is 17.7 Å². The first-order valence-electron chi connectivity index (χ1n) is 2.81. The van der Waals surface area contributed by atoms with Crippen molar-refractivity contribution < 1.29 is 66.5 Å². The van der Waals surface area contributed by atoms with Gasteiger partial charge in [0.05, 0.1) is 12.0 Å². The van der Waals surface area contributed by atoms with Crippen LogP contribution >= 0.6 is 11.8 Å². The summed E-state index contributed by atoms with van der Waals surface area (Å²) in [5.41, 5.74) is 1.66. The van der Waals surface area contributed by atoms with Crippen LogP contribution in [0, 0.1) is 0 Å². The SMILES string of the molecule is CSCC[C@H](NO)C(=O)[O-].[K+]. The Morgan fingerprint density at radius 2 is 2.36 bits per heavy atom. The third-order valence-corrected chi connectivity index (χ3v) is 1.69. The van der Waals surface area contributed by atoms with E-state index in [1.54, 1.807) is 5.48 Å². The molecule has 6 heteroatoms. The van der Waals surface area contributed by atoms with Crippen molar-refractivity contribution in [1.29, 1.82) is 0 Å². The smallest absolute Gasteiger partial charge is 0.548 e. The van der Waals surface area contributed by atoms with Gasteiger partial charge in [0.25, 0.3) is 0 Å². The van der Waals surface area contributed by atoms with Gasteiger partial charge < -0.3 is 15.1 Å². The molecule has 0 aliphatic rings. The largest absolute Gasteiger partial charge is 1.00 e. The Labute approximate surface area is 112 Å². The first kappa shape index (κ1) is 14.9. The van der Waals surface area contributed by atoms with Gasteiger partial charge in [-0.2, -0.15) is 17.2 Å². The summed E-state index contributed by atoms with van der Waals surface area (Å²) in [5, 5.41) is 18.3. The van der Waals surface area contributed by atoms with Crippen LogP contribution in [0.1, 0.15) is 6.42 Å². The van der Waals surface area contributed by atoms with Crippen LogP contribution in [-0.4, -0.2) is 29.2 Å². The van der Waals surface area contributed by atoms with Gasteiger partial charge in [-0.05, 0) is 18.4 Å². The fourth-order valence-electron chi connectivity index (χ4n) is 0.471.